The molecule has 0 saturated carbocycles. The number of carbonyl (C=O) groups is 1. The van der Waals surface area contributed by atoms with Gasteiger partial charge >= 0.3 is 0 Å². The first-order valence-electron chi connectivity index (χ1n) is 8.39. The van der Waals surface area contributed by atoms with Crippen LogP contribution in [0.4, 0.5) is 0 Å². The Morgan fingerprint density at radius 1 is 1.27 bits per heavy atom. The van der Waals surface area contributed by atoms with Crippen molar-refractivity contribution in [1.82, 2.24) is 15.1 Å². The molecule has 124 valence electrons. The highest BCUT2D eigenvalue weighted by Gasteiger charge is 2.25. The van der Waals surface area contributed by atoms with Gasteiger partial charge in [0.2, 0.25) is 5.91 Å². The third-order valence-corrected chi connectivity index (χ3v) is 5.65. The lowest BCUT2D eigenvalue weighted by atomic mass is 10.0. The molecular weight excluding hydrogens is 294 g/mol. The Morgan fingerprint density at radius 3 is 2.50 bits per heavy atom. The molecule has 2 heterocycles. The molecule has 1 aliphatic rings. The number of rotatable bonds is 7. The highest BCUT2D eigenvalue weighted by atomic mass is 32.1. The average molecular weight is 324 g/mol. The van der Waals surface area contributed by atoms with Gasteiger partial charge in [0, 0.05) is 43.5 Å². The molecule has 1 saturated heterocycles. The van der Waals surface area contributed by atoms with Crippen molar-refractivity contribution in [1.29, 1.82) is 0 Å². The van der Waals surface area contributed by atoms with Gasteiger partial charge in [-0.1, -0.05) is 19.9 Å². The fraction of sp³-hybridized carbons (Fsp3) is 0.706. The van der Waals surface area contributed by atoms with Crippen LogP contribution in [-0.2, 0) is 4.79 Å². The van der Waals surface area contributed by atoms with Crippen molar-refractivity contribution in [2.24, 2.45) is 5.92 Å². The largest absolute Gasteiger partial charge is 0.354 e. The Morgan fingerprint density at radius 2 is 1.95 bits per heavy atom. The van der Waals surface area contributed by atoms with E-state index in [1.54, 1.807) is 11.3 Å². The molecule has 0 aromatic carbocycles. The molecule has 1 aromatic heterocycles. The summed E-state index contributed by atoms with van der Waals surface area (Å²) in [6.45, 7) is 9.24. The van der Waals surface area contributed by atoms with Gasteiger partial charge in [0.05, 0.1) is 6.04 Å². The van der Waals surface area contributed by atoms with Crippen LogP contribution in [0.2, 0.25) is 0 Å². The summed E-state index contributed by atoms with van der Waals surface area (Å²) in [6.07, 6.45) is 1.83. The van der Waals surface area contributed by atoms with E-state index in [-0.39, 0.29) is 11.8 Å². The second kappa shape index (κ2) is 8.65. The number of amides is 1. The minimum absolute atomic E-state index is 0.150. The normalized spacial score (nSPS) is 18.5. The van der Waals surface area contributed by atoms with E-state index in [4.69, 9.17) is 0 Å². The molecule has 1 N–H and O–H groups in total. The van der Waals surface area contributed by atoms with E-state index in [0.29, 0.717) is 6.04 Å². The van der Waals surface area contributed by atoms with Gasteiger partial charge in [0.25, 0.3) is 0 Å². The second-order valence-electron chi connectivity index (χ2n) is 6.13. The van der Waals surface area contributed by atoms with E-state index >= 15 is 0 Å². The Hall–Kier alpha value is -0.910. The first-order valence-corrected chi connectivity index (χ1v) is 9.27. The molecule has 1 aromatic rings. The zero-order valence-electron chi connectivity index (χ0n) is 14.0. The van der Waals surface area contributed by atoms with Crippen molar-refractivity contribution < 1.29 is 4.79 Å². The number of nitrogens with one attached hydrogen (secondary N) is 1. The van der Waals surface area contributed by atoms with Gasteiger partial charge in [0.1, 0.15) is 0 Å². The SMILES string of the molecule is CCC(CC)C(=O)NCC(c1cccs1)N1CCN(C)CC1. The van der Waals surface area contributed by atoms with Crippen LogP contribution in [0.5, 0.6) is 0 Å². The molecule has 1 aliphatic heterocycles. The van der Waals surface area contributed by atoms with Crippen molar-refractivity contribution in [2.45, 2.75) is 32.7 Å². The van der Waals surface area contributed by atoms with Crippen LogP contribution in [0.25, 0.3) is 0 Å². The predicted octanol–water partition coefficient (Wildman–Crippen LogP) is 2.59. The summed E-state index contributed by atoms with van der Waals surface area (Å²) in [5, 5.41) is 5.32. The van der Waals surface area contributed by atoms with Gasteiger partial charge in [-0.25, -0.2) is 0 Å². The van der Waals surface area contributed by atoms with Gasteiger partial charge in [-0.15, -0.1) is 11.3 Å². The van der Waals surface area contributed by atoms with Gasteiger partial charge in [-0.2, -0.15) is 0 Å². The first kappa shape index (κ1) is 17.4. The number of likely N-dealkylation sites (N-methyl/N-ethyl adjacent to an activating group) is 1. The zero-order chi connectivity index (χ0) is 15.9. The quantitative estimate of drug-likeness (QED) is 0.838. The number of piperazine rings is 1. The number of nitrogens with zero attached hydrogens (tertiary/aromatic N) is 2. The van der Waals surface area contributed by atoms with E-state index in [9.17, 15) is 4.79 Å². The molecule has 1 fully saturated rings. The lowest BCUT2D eigenvalue weighted by Gasteiger charge is -2.37. The highest BCUT2D eigenvalue weighted by molar-refractivity contribution is 7.10. The number of thiophene rings is 1. The zero-order valence-corrected chi connectivity index (χ0v) is 14.9. The third-order valence-electron chi connectivity index (χ3n) is 4.68. The number of carbonyl (C=O) groups excluding carboxylic acids is 1. The Kier molecular flexibility index (Phi) is 6.86. The van der Waals surface area contributed by atoms with Gasteiger partial charge in [0.15, 0.2) is 0 Å². The molecule has 5 heteroatoms. The highest BCUT2D eigenvalue weighted by Crippen LogP contribution is 2.25. The van der Waals surface area contributed by atoms with E-state index in [1.165, 1.54) is 4.88 Å². The molecule has 0 spiro atoms. The van der Waals surface area contributed by atoms with Crippen LogP contribution >= 0.6 is 11.3 Å². The van der Waals surface area contributed by atoms with Gasteiger partial charge in [-0.3, -0.25) is 9.69 Å². The molecule has 1 atom stereocenters. The smallest absolute Gasteiger partial charge is 0.223 e. The summed E-state index contributed by atoms with van der Waals surface area (Å²) in [4.78, 5) is 18.5. The predicted molar refractivity (Wildman–Crippen MR) is 93.2 cm³/mol. The van der Waals surface area contributed by atoms with Crippen molar-refractivity contribution in [3.05, 3.63) is 22.4 Å². The maximum Gasteiger partial charge on any atom is 0.223 e. The fourth-order valence-electron chi connectivity index (χ4n) is 3.03. The van der Waals surface area contributed by atoms with Gasteiger partial charge < -0.3 is 10.2 Å². The first-order chi connectivity index (χ1) is 10.7. The number of hydrogen-bond acceptors (Lipinski definition) is 4. The summed E-state index contributed by atoms with van der Waals surface area (Å²) in [5.41, 5.74) is 0. The van der Waals surface area contributed by atoms with E-state index in [0.717, 1.165) is 45.6 Å². The van der Waals surface area contributed by atoms with Crippen LogP contribution in [0.15, 0.2) is 17.5 Å². The molecule has 1 amide bonds. The van der Waals surface area contributed by atoms with Crippen LogP contribution in [0, 0.1) is 5.92 Å². The minimum atomic E-state index is 0.150. The molecule has 1 unspecified atom stereocenters. The van der Waals surface area contributed by atoms with Crippen LogP contribution in [0.3, 0.4) is 0 Å². The summed E-state index contributed by atoms with van der Waals surface area (Å²) in [6, 6.07) is 4.61. The van der Waals surface area contributed by atoms with Crippen molar-refractivity contribution in [3.8, 4) is 0 Å². The molecular formula is C17H29N3OS. The fourth-order valence-corrected chi connectivity index (χ4v) is 3.89. The Labute approximate surface area is 138 Å². The van der Waals surface area contributed by atoms with E-state index in [2.05, 4.69) is 53.5 Å². The average Bonchev–Trinajstić information content (AvgIpc) is 3.04. The monoisotopic (exact) mass is 323 g/mol. The maximum atomic E-state index is 12.3. The molecule has 2 rings (SSSR count). The minimum Gasteiger partial charge on any atom is -0.354 e. The number of hydrogen-bond donors (Lipinski definition) is 1. The standard InChI is InChI=1S/C17H29N3OS/c1-4-14(5-2)17(21)18-13-15(16-7-6-12-22-16)20-10-8-19(3)9-11-20/h6-7,12,14-15H,4-5,8-11,13H2,1-3H3,(H,18,21). The lowest BCUT2D eigenvalue weighted by molar-refractivity contribution is -0.125. The summed E-state index contributed by atoms with van der Waals surface area (Å²) >= 11 is 1.79. The topological polar surface area (TPSA) is 35.6 Å². The van der Waals surface area contributed by atoms with Crippen LogP contribution in [0.1, 0.15) is 37.6 Å². The molecule has 4 nitrogen and oxygen atoms in total. The molecule has 0 aliphatic carbocycles. The second-order valence-corrected chi connectivity index (χ2v) is 7.11. The van der Waals surface area contributed by atoms with Gasteiger partial charge in [-0.05, 0) is 31.3 Å². The van der Waals surface area contributed by atoms with Crippen molar-refractivity contribution in [3.63, 3.8) is 0 Å². The maximum absolute atomic E-state index is 12.3. The van der Waals surface area contributed by atoms with Crippen LogP contribution in [-0.4, -0.2) is 55.5 Å². The molecule has 0 radical (unpaired) electrons. The summed E-state index contributed by atoms with van der Waals surface area (Å²) in [5.74, 6) is 0.358. The molecule has 22 heavy (non-hydrogen) atoms. The van der Waals surface area contributed by atoms with E-state index < -0.39 is 0 Å². The van der Waals surface area contributed by atoms with Crippen molar-refractivity contribution >= 4 is 17.2 Å². The summed E-state index contributed by atoms with van der Waals surface area (Å²) in [7, 11) is 2.17. The van der Waals surface area contributed by atoms with Crippen molar-refractivity contribution in [2.75, 3.05) is 39.8 Å². The molecule has 0 bridgehead atoms. The Bertz CT molecular complexity index is 437. The van der Waals surface area contributed by atoms with Crippen LogP contribution < -0.4 is 5.32 Å². The summed E-state index contributed by atoms with van der Waals surface area (Å²) < 4.78 is 0. The lowest BCUT2D eigenvalue weighted by Crippen LogP contribution is -2.48. The third kappa shape index (κ3) is 4.54. The Balaban J connectivity index is 1.98. The van der Waals surface area contributed by atoms with E-state index in [1.807, 2.05) is 0 Å².